The molecule has 0 radical (unpaired) electrons. The zero-order valence-electron chi connectivity index (χ0n) is 11.6. The maximum absolute atomic E-state index is 6.15. The van der Waals surface area contributed by atoms with Crippen LogP contribution in [0.4, 0.5) is 0 Å². The van der Waals surface area contributed by atoms with E-state index >= 15 is 0 Å². The van der Waals surface area contributed by atoms with E-state index in [1.807, 2.05) is 19.1 Å². The third-order valence-electron chi connectivity index (χ3n) is 3.67. The molecule has 1 heterocycles. The first kappa shape index (κ1) is 13.1. The van der Waals surface area contributed by atoms with Crippen LogP contribution in [0, 0.1) is 0 Å². The van der Waals surface area contributed by atoms with Gasteiger partial charge in [-0.3, -0.25) is 0 Å². The fourth-order valence-electron chi connectivity index (χ4n) is 2.54. The summed E-state index contributed by atoms with van der Waals surface area (Å²) in [6.45, 7) is 2.28. The SMILES string of the molecule is CCc1noc(COc2ccc3c(c2)[C@H](N)CCC3)n1. The summed E-state index contributed by atoms with van der Waals surface area (Å²) in [4.78, 5) is 4.22. The van der Waals surface area contributed by atoms with Crippen LogP contribution in [0.1, 0.15) is 48.6 Å². The Labute approximate surface area is 118 Å². The number of hydrogen-bond donors (Lipinski definition) is 1. The summed E-state index contributed by atoms with van der Waals surface area (Å²) in [7, 11) is 0. The number of benzene rings is 1. The molecule has 5 heteroatoms. The summed E-state index contributed by atoms with van der Waals surface area (Å²) in [5, 5.41) is 3.84. The third-order valence-corrected chi connectivity index (χ3v) is 3.67. The largest absolute Gasteiger partial charge is 0.484 e. The molecule has 0 saturated carbocycles. The van der Waals surface area contributed by atoms with E-state index in [1.54, 1.807) is 0 Å². The minimum absolute atomic E-state index is 0.123. The van der Waals surface area contributed by atoms with Crippen molar-refractivity contribution >= 4 is 0 Å². The fourth-order valence-corrected chi connectivity index (χ4v) is 2.54. The van der Waals surface area contributed by atoms with Crippen molar-refractivity contribution in [2.24, 2.45) is 5.73 Å². The first-order chi connectivity index (χ1) is 9.76. The van der Waals surface area contributed by atoms with Gasteiger partial charge in [-0.25, -0.2) is 0 Å². The Kier molecular flexibility index (Phi) is 3.69. The van der Waals surface area contributed by atoms with Gasteiger partial charge in [-0.05, 0) is 42.5 Å². The Balaban J connectivity index is 1.70. The molecule has 1 atom stereocenters. The van der Waals surface area contributed by atoms with E-state index in [0.717, 1.165) is 31.4 Å². The third kappa shape index (κ3) is 2.67. The summed E-state index contributed by atoms with van der Waals surface area (Å²) in [6, 6.07) is 6.25. The van der Waals surface area contributed by atoms with Gasteiger partial charge in [-0.15, -0.1) is 0 Å². The van der Waals surface area contributed by atoms with Gasteiger partial charge in [-0.2, -0.15) is 4.98 Å². The van der Waals surface area contributed by atoms with E-state index in [1.165, 1.54) is 11.1 Å². The maximum Gasteiger partial charge on any atom is 0.264 e. The summed E-state index contributed by atoms with van der Waals surface area (Å²) < 4.78 is 10.8. The van der Waals surface area contributed by atoms with Gasteiger partial charge in [0.2, 0.25) is 0 Å². The summed E-state index contributed by atoms with van der Waals surface area (Å²) in [5.74, 6) is 2.01. The van der Waals surface area contributed by atoms with Gasteiger partial charge in [-0.1, -0.05) is 18.1 Å². The van der Waals surface area contributed by atoms with Gasteiger partial charge in [0.05, 0.1) is 0 Å². The molecule has 0 spiro atoms. The molecular weight excluding hydrogens is 254 g/mol. The minimum atomic E-state index is 0.123. The second-order valence-electron chi connectivity index (χ2n) is 5.11. The highest BCUT2D eigenvalue weighted by Gasteiger charge is 2.17. The number of hydrogen-bond acceptors (Lipinski definition) is 5. The highest BCUT2D eigenvalue weighted by atomic mass is 16.5. The lowest BCUT2D eigenvalue weighted by molar-refractivity contribution is 0.242. The van der Waals surface area contributed by atoms with Crippen molar-refractivity contribution in [1.29, 1.82) is 0 Å². The van der Waals surface area contributed by atoms with Crippen LogP contribution in [0.15, 0.2) is 22.7 Å². The molecule has 1 aromatic carbocycles. The van der Waals surface area contributed by atoms with Crippen LogP contribution < -0.4 is 10.5 Å². The average molecular weight is 273 g/mol. The Morgan fingerprint density at radius 3 is 3.15 bits per heavy atom. The molecule has 0 amide bonds. The van der Waals surface area contributed by atoms with Gasteiger partial charge < -0.3 is 15.0 Å². The van der Waals surface area contributed by atoms with Crippen LogP contribution in [-0.4, -0.2) is 10.1 Å². The highest BCUT2D eigenvalue weighted by molar-refractivity contribution is 5.39. The summed E-state index contributed by atoms with van der Waals surface area (Å²) in [5.41, 5.74) is 8.69. The predicted octanol–water partition coefficient (Wildman–Crippen LogP) is 2.55. The van der Waals surface area contributed by atoms with Crippen molar-refractivity contribution < 1.29 is 9.26 Å². The molecule has 2 aromatic rings. The van der Waals surface area contributed by atoms with Crippen molar-refractivity contribution in [1.82, 2.24) is 10.1 Å². The molecule has 2 N–H and O–H groups in total. The van der Waals surface area contributed by atoms with Crippen molar-refractivity contribution in [3.05, 3.63) is 41.0 Å². The van der Waals surface area contributed by atoms with E-state index in [2.05, 4.69) is 16.2 Å². The number of nitrogens with zero attached hydrogens (tertiary/aromatic N) is 2. The number of fused-ring (bicyclic) bond motifs is 1. The topological polar surface area (TPSA) is 74.2 Å². The standard InChI is InChI=1S/C15H19N3O2/c1-2-14-17-15(20-18-14)9-19-11-7-6-10-4-3-5-13(16)12(10)8-11/h6-8,13H,2-5,9,16H2,1H3/t13-/m1/s1. The molecule has 0 saturated heterocycles. The highest BCUT2D eigenvalue weighted by Crippen LogP contribution is 2.31. The quantitative estimate of drug-likeness (QED) is 0.926. The van der Waals surface area contributed by atoms with Gasteiger partial charge in [0, 0.05) is 12.5 Å². The first-order valence-corrected chi connectivity index (χ1v) is 7.09. The molecule has 5 nitrogen and oxygen atoms in total. The number of nitrogens with two attached hydrogens (primary N) is 1. The van der Waals surface area contributed by atoms with Gasteiger partial charge in [0.1, 0.15) is 5.75 Å². The Morgan fingerprint density at radius 2 is 2.35 bits per heavy atom. The summed E-state index contributed by atoms with van der Waals surface area (Å²) >= 11 is 0. The lowest BCUT2D eigenvalue weighted by atomic mass is 9.88. The van der Waals surface area contributed by atoms with E-state index in [9.17, 15) is 0 Å². The number of ether oxygens (including phenoxy) is 1. The van der Waals surface area contributed by atoms with Crippen LogP contribution in [-0.2, 0) is 19.4 Å². The smallest absolute Gasteiger partial charge is 0.264 e. The Morgan fingerprint density at radius 1 is 1.45 bits per heavy atom. The molecule has 0 unspecified atom stereocenters. The Hall–Kier alpha value is -1.88. The van der Waals surface area contributed by atoms with E-state index in [4.69, 9.17) is 15.0 Å². The number of rotatable bonds is 4. The second kappa shape index (κ2) is 5.63. The zero-order valence-corrected chi connectivity index (χ0v) is 11.6. The van der Waals surface area contributed by atoms with Crippen molar-refractivity contribution in [3.63, 3.8) is 0 Å². The normalized spacial score (nSPS) is 17.8. The van der Waals surface area contributed by atoms with E-state index in [-0.39, 0.29) is 6.04 Å². The number of aromatic nitrogens is 2. The van der Waals surface area contributed by atoms with Gasteiger partial charge in [0.15, 0.2) is 12.4 Å². The molecule has 3 rings (SSSR count). The predicted molar refractivity (Wildman–Crippen MR) is 74.3 cm³/mol. The summed E-state index contributed by atoms with van der Waals surface area (Å²) in [6.07, 6.45) is 4.07. The Bertz CT molecular complexity index is 595. The molecule has 20 heavy (non-hydrogen) atoms. The van der Waals surface area contributed by atoms with Crippen molar-refractivity contribution in [2.45, 2.75) is 45.3 Å². The first-order valence-electron chi connectivity index (χ1n) is 7.09. The van der Waals surface area contributed by atoms with Crippen LogP contribution >= 0.6 is 0 Å². The monoisotopic (exact) mass is 273 g/mol. The zero-order chi connectivity index (χ0) is 13.9. The van der Waals surface area contributed by atoms with Gasteiger partial charge in [0.25, 0.3) is 5.89 Å². The van der Waals surface area contributed by atoms with E-state index in [0.29, 0.717) is 18.3 Å². The molecule has 1 aliphatic carbocycles. The van der Waals surface area contributed by atoms with Crippen molar-refractivity contribution in [2.75, 3.05) is 0 Å². The molecule has 106 valence electrons. The van der Waals surface area contributed by atoms with Crippen LogP contribution in [0.5, 0.6) is 5.75 Å². The lowest BCUT2D eigenvalue weighted by Gasteiger charge is -2.22. The molecule has 1 aliphatic rings. The maximum atomic E-state index is 6.15. The molecular formula is C15H19N3O2. The lowest BCUT2D eigenvalue weighted by Crippen LogP contribution is -2.17. The average Bonchev–Trinajstić information content (AvgIpc) is 2.94. The fraction of sp³-hybridized carbons (Fsp3) is 0.467. The van der Waals surface area contributed by atoms with Gasteiger partial charge >= 0.3 is 0 Å². The van der Waals surface area contributed by atoms with Crippen LogP contribution in [0.3, 0.4) is 0 Å². The number of aryl methyl sites for hydroxylation is 2. The van der Waals surface area contributed by atoms with Crippen LogP contribution in [0.25, 0.3) is 0 Å². The minimum Gasteiger partial charge on any atom is -0.484 e. The molecule has 0 bridgehead atoms. The molecule has 0 aliphatic heterocycles. The van der Waals surface area contributed by atoms with E-state index < -0.39 is 0 Å². The molecule has 1 aromatic heterocycles. The van der Waals surface area contributed by atoms with Crippen molar-refractivity contribution in [3.8, 4) is 5.75 Å². The second-order valence-corrected chi connectivity index (χ2v) is 5.11. The molecule has 0 fully saturated rings. The van der Waals surface area contributed by atoms with Crippen LogP contribution in [0.2, 0.25) is 0 Å².